The summed E-state index contributed by atoms with van der Waals surface area (Å²) in [6.45, 7) is 1.61. The van der Waals surface area contributed by atoms with Gasteiger partial charge in [-0.2, -0.15) is 0 Å². The molecule has 184 valence electrons. The number of rotatable bonds is 10. The van der Waals surface area contributed by atoms with Crippen LogP contribution < -0.4 is 15.8 Å². The van der Waals surface area contributed by atoms with Crippen LogP contribution in [0.4, 0.5) is 4.79 Å². The Balaban J connectivity index is 1.25. The van der Waals surface area contributed by atoms with Gasteiger partial charge in [0, 0.05) is 18.9 Å². The summed E-state index contributed by atoms with van der Waals surface area (Å²) in [7, 11) is 0. The van der Waals surface area contributed by atoms with E-state index in [2.05, 4.69) is 34.3 Å². The average Bonchev–Trinajstić information content (AvgIpc) is 2.89. The van der Waals surface area contributed by atoms with Crippen molar-refractivity contribution in [2.45, 2.75) is 31.7 Å². The van der Waals surface area contributed by atoms with Crippen molar-refractivity contribution < 1.29 is 28.5 Å². The minimum absolute atomic E-state index is 0.132. The Morgan fingerprint density at radius 3 is 2.57 bits per heavy atom. The summed E-state index contributed by atoms with van der Waals surface area (Å²) in [5.74, 6) is 0.275. The van der Waals surface area contributed by atoms with Crippen LogP contribution in [0, 0.1) is 0 Å². The minimum atomic E-state index is -0.693. The number of nitrogens with two attached hydrogens (primary N) is 1. The van der Waals surface area contributed by atoms with Gasteiger partial charge in [-0.25, -0.2) is 4.79 Å². The number of alkyl carbamates (subject to hydrolysis) is 1. The molecule has 0 atom stereocenters. The third-order valence-corrected chi connectivity index (χ3v) is 5.77. The van der Waals surface area contributed by atoms with E-state index in [1.54, 1.807) is 0 Å². The van der Waals surface area contributed by atoms with Gasteiger partial charge in [-0.05, 0) is 40.5 Å². The number of benzene rings is 3. The summed E-state index contributed by atoms with van der Waals surface area (Å²) in [6, 6.07) is 22.5. The number of hydrogen-bond acceptors (Lipinski definition) is 6. The molecule has 1 heterocycles. The van der Waals surface area contributed by atoms with E-state index >= 15 is 0 Å². The molecule has 2 amide bonds. The molecule has 0 saturated carbocycles. The van der Waals surface area contributed by atoms with Gasteiger partial charge in [0.2, 0.25) is 0 Å². The monoisotopic (exact) mass is 478 g/mol. The van der Waals surface area contributed by atoms with Crippen molar-refractivity contribution in [3.05, 3.63) is 77.9 Å². The molecule has 35 heavy (non-hydrogen) atoms. The number of nitrogens with one attached hydrogen (secondary N) is 1. The molecule has 3 N–H and O–H groups in total. The molecular formula is C27H30N2O6. The number of hydrogen-bond donors (Lipinski definition) is 2. The maximum absolute atomic E-state index is 11.4. The standard InChI is InChI=1S/C27H30N2O6/c28-25(30)18-35-27(31)29-13-5-10-26-33-16-21(17-34-26)23-9-4-8-20-14-22(11-12-24(20)23)32-15-19-6-2-1-3-7-19/h1-4,6-9,11-12,14,21,26H,5,10,13,15-18H2,(H2,28,30)(H,29,31)/t21-,26-. The van der Waals surface area contributed by atoms with Crippen LogP contribution in [0.5, 0.6) is 5.75 Å². The molecular weight excluding hydrogens is 448 g/mol. The maximum atomic E-state index is 11.4. The van der Waals surface area contributed by atoms with Crippen LogP contribution >= 0.6 is 0 Å². The first-order chi connectivity index (χ1) is 17.1. The Labute approximate surface area is 204 Å². The summed E-state index contributed by atoms with van der Waals surface area (Å²) < 4.78 is 22.5. The van der Waals surface area contributed by atoms with Gasteiger partial charge in [0.1, 0.15) is 12.4 Å². The second-order valence-electron chi connectivity index (χ2n) is 8.41. The Hall–Kier alpha value is -3.62. The van der Waals surface area contributed by atoms with E-state index in [0.717, 1.165) is 22.1 Å². The predicted molar refractivity (Wildman–Crippen MR) is 131 cm³/mol. The van der Waals surface area contributed by atoms with Crippen LogP contribution in [0.2, 0.25) is 0 Å². The lowest BCUT2D eigenvalue weighted by Gasteiger charge is -2.30. The van der Waals surface area contributed by atoms with Crippen LogP contribution in [0.1, 0.15) is 29.9 Å². The lowest BCUT2D eigenvalue weighted by Crippen LogP contribution is -2.33. The van der Waals surface area contributed by atoms with Gasteiger partial charge < -0.3 is 30.0 Å². The normalized spacial score (nSPS) is 17.6. The van der Waals surface area contributed by atoms with Gasteiger partial charge in [0.05, 0.1) is 13.2 Å². The molecule has 4 rings (SSSR count). The van der Waals surface area contributed by atoms with Crippen LogP contribution in [0.15, 0.2) is 66.7 Å². The van der Waals surface area contributed by atoms with Gasteiger partial charge in [-0.15, -0.1) is 0 Å². The summed E-state index contributed by atoms with van der Waals surface area (Å²) in [4.78, 5) is 22.0. The molecule has 1 aliphatic heterocycles. The van der Waals surface area contributed by atoms with Gasteiger partial charge in [-0.3, -0.25) is 4.79 Å². The maximum Gasteiger partial charge on any atom is 0.407 e. The first-order valence-corrected chi connectivity index (χ1v) is 11.7. The molecule has 0 unspecified atom stereocenters. The van der Waals surface area contributed by atoms with E-state index in [-0.39, 0.29) is 12.2 Å². The van der Waals surface area contributed by atoms with Crippen molar-refractivity contribution >= 4 is 22.8 Å². The SMILES string of the molecule is NC(=O)COC(=O)NCCC[C@H]1OC[C@H](c2cccc3cc(OCc4ccccc4)ccc32)CO1. The van der Waals surface area contributed by atoms with E-state index in [9.17, 15) is 9.59 Å². The third-order valence-electron chi connectivity index (χ3n) is 5.77. The highest BCUT2D eigenvalue weighted by molar-refractivity contribution is 5.87. The zero-order valence-corrected chi connectivity index (χ0v) is 19.5. The van der Waals surface area contributed by atoms with E-state index in [0.29, 0.717) is 39.2 Å². The van der Waals surface area contributed by atoms with Crippen molar-refractivity contribution in [3.63, 3.8) is 0 Å². The minimum Gasteiger partial charge on any atom is -0.489 e. The van der Waals surface area contributed by atoms with Gasteiger partial charge in [0.25, 0.3) is 5.91 Å². The number of carbonyl (C=O) groups is 2. The molecule has 1 aliphatic rings. The molecule has 8 heteroatoms. The molecule has 1 fully saturated rings. The van der Waals surface area contributed by atoms with Crippen LogP contribution in [0.25, 0.3) is 10.8 Å². The average molecular weight is 479 g/mol. The number of amides is 2. The van der Waals surface area contributed by atoms with Crippen LogP contribution in [-0.2, 0) is 25.6 Å². The quantitative estimate of drug-likeness (QED) is 0.428. The first-order valence-electron chi connectivity index (χ1n) is 11.7. The second-order valence-corrected chi connectivity index (χ2v) is 8.41. The van der Waals surface area contributed by atoms with Crippen molar-refractivity contribution in [1.82, 2.24) is 5.32 Å². The fourth-order valence-corrected chi connectivity index (χ4v) is 4.01. The summed E-state index contributed by atoms with van der Waals surface area (Å²) in [5, 5.41) is 4.84. The van der Waals surface area contributed by atoms with E-state index in [1.165, 1.54) is 5.56 Å². The molecule has 8 nitrogen and oxygen atoms in total. The molecule has 0 aliphatic carbocycles. The zero-order valence-electron chi connectivity index (χ0n) is 19.5. The van der Waals surface area contributed by atoms with Crippen LogP contribution in [0.3, 0.4) is 0 Å². The third kappa shape index (κ3) is 7.18. The molecule has 0 radical (unpaired) electrons. The van der Waals surface area contributed by atoms with Crippen molar-refractivity contribution in [2.75, 3.05) is 26.4 Å². The summed E-state index contributed by atoms with van der Waals surface area (Å²) >= 11 is 0. The zero-order chi connectivity index (χ0) is 24.5. The van der Waals surface area contributed by atoms with Crippen molar-refractivity contribution in [3.8, 4) is 5.75 Å². The van der Waals surface area contributed by atoms with Crippen LogP contribution in [-0.4, -0.2) is 44.7 Å². The predicted octanol–water partition coefficient (Wildman–Crippen LogP) is 3.87. The second kappa shape index (κ2) is 12.2. The van der Waals surface area contributed by atoms with Gasteiger partial charge in [-0.1, -0.05) is 54.6 Å². The highest BCUT2D eigenvalue weighted by Gasteiger charge is 2.24. The highest BCUT2D eigenvalue weighted by atomic mass is 16.7. The van der Waals surface area contributed by atoms with E-state index in [4.69, 9.17) is 19.9 Å². The molecule has 3 aromatic carbocycles. The Morgan fingerprint density at radius 1 is 1.00 bits per heavy atom. The smallest absolute Gasteiger partial charge is 0.407 e. The fraction of sp³-hybridized carbons (Fsp3) is 0.333. The van der Waals surface area contributed by atoms with E-state index < -0.39 is 18.6 Å². The fourth-order valence-electron chi connectivity index (χ4n) is 4.01. The first kappa shape index (κ1) is 24.5. The largest absolute Gasteiger partial charge is 0.489 e. The number of fused-ring (bicyclic) bond motifs is 1. The van der Waals surface area contributed by atoms with Gasteiger partial charge >= 0.3 is 6.09 Å². The summed E-state index contributed by atoms with van der Waals surface area (Å²) in [6.07, 6.45) is 0.309. The molecule has 0 aromatic heterocycles. The van der Waals surface area contributed by atoms with Crippen molar-refractivity contribution in [2.24, 2.45) is 5.73 Å². The Kier molecular flexibility index (Phi) is 8.53. The number of primary amides is 1. The molecule has 0 spiro atoms. The topological polar surface area (TPSA) is 109 Å². The highest BCUT2D eigenvalue weighted by Crippen LogP contribution is 2.31. The van der Waals surface area contributed by atoms with E-state index in [1.807, 2.05) is 42.5 Å². The molecule has 1 saturated heterocycles. The molecule has 3 aromatic rings. The summed E-state index contributed by atoms with van der Waals surface area (Å²) in [5.41, 5.74) is 7.25. The Bertz CT molecular complexity index is 1130. The lowest BCUT2D eigenvalue weighted by molar-refractivity contribution is -0.189. The number of ether oxygens (including phenoxy) is 4. The Morgan fingerprint density at radius 2 is 1.80 bits per heavy atom. The van der Waals surface area contributed by atoms with Gasteiger partial charge in [0.15, 0.2) is 12.9 Å². The number of carbonyl (C=O) groups excluding carboxylic acids is 2. The van der Waals surface area contributed by atoms with Crippen molar-refractivity contribution in [1.29, 1.82) is 0 Å². The lowest BCUT2D eigenvalue weighted by atomic mass is 9.94. The molecule has 0 bridgehead atoms.